The maximum Gasteiger partial charge on any atom is 0.303 e. The molecule has 2 saturated carbocycles. The van der Waals surface area contributed by atoms with Crippen molar-refractivity contribution in [3.05, 3.63) is 12.7 Å². The lowest BCUT2D eigenvalue weighted by Crippen LogP contribution is -2.51. The number of carboxylic acids is 1. The van der Waals surface area contributed by atoms with Crippen molar-refractivity contribution < 1.29 is 9.90 Å². The smallest absolute Gasteiger partial charge is 0.303 e. The molecule has 0 heterocycles. The van der Waals surface area contributed by atoms with E-state index in [0.29, 0.717) is 24.3 Å². The Morgan fingerprint density at radius 3 is 2.87 bits per heavy atom. The van der Waals surface area contributed by atoms with Crippen molar-refractivity contribution in [3.8, 4) is 0 Å². The van der Waals surface area contributed by atoms with E-state index in [1.165, 1.54) is 6.42 Å². The SMILES string of the molecule is C=CC1C[C@@H]2C[C@](CN)(CC(=O)O)[C@@H]2C1. The van der Waals surface area contributed by atoms with E-state index in [2.05, 4.69) is 6.58 Å². The minimum atomic E-state index is -0.707. The molecular weight excluding hydrogens is 190 g/mol. The zero-order chi connectivity index (χ0) is 11.1. The molecule has 4 atom stereocenters. The third kappa shape index (κ3) is 1.59. The standard InChI is InChI=1S/C12H19NO2/c1-2-8-3-9-5-12(7-13,6-11(14)15)10(9)4-8/h2,8-10H,1,3-7,13H2,(H,14,15)/t8?,9-,10-,12-/m1/s1. The van der Waals surface area contributed by atoms with Gasteiger partial charge >= 0.3 is 5.97 Å². The fourth-order valence-electron chi connectivity index (χ4n) is 3.66. The topological polar surface area (TPSA) is 63.3 Å². The minimum absolute atomic E-state index is 0.103. The predicted molar refractivity (Wildman–Crippen MR) is 58.3 cm³/mol. The molecular formula is C12H19NO2. The van der Waals surface area contributed by atoms with Gasteiger partial charge in [0.25, 0.3) is 0 Å². The molecule has 3 N–H and O–H groups in total. The van der Waals surface area contributed by atoms with Crippen LogP contribution in [0.15, 0.2) is 12.7 Å². The number of hydrogen-bond acceptors (Lipinski definition) is 2. The van der Waals surface area contributed by atoms with Crippen LogP contribution in [-0.2, 0) is 4.79 Å². The van der Waals surface area contributed by atoms with E-state index >= 15 is 0 Å². The van der Waals surface area contributed by atoms with E-state index < -0.39 is 5.97 Å². The molecule has 0 spiro atoms. The van der Waals surface area contributed by atoms with Crippen molar-refractivity contribution in [1.29, 1.82) is 0 Å². The van der Waals surface area contributed by atoms with Crippen LogP contribution in [0.2, 0.25) is 0 Å². The molecule has 15 heavy (non-hydrogen) atoms. The van der Waals surface area contributed by atoms with Crippen LogP contribution in [-0.4, -0.2) is 17.6 Å². The van der Waals surface area contributed by atoms with Crippen molar-refractivity contribution in [2.24, 2.45) is 28.9 Å². The maximum atomic E-state index is 10.8. The number of nitrogens with two attached hydrogens (primary N) is 1. The molecule has 1 unspecified atom stereocenters. The highest BCUT2D eigenvalue weighted by Gasteiger charge is 2.56. The Morgan fingerprint density at radius 1 is 1.60 bits per heavy atom. The number of aliphatic carboxylic acids is 1. The first kappa shape index (κ1) is 10.7. The molecule has 0 aliphatic heterocycles. The number of allylic oxidation sites excluding steroid dienone is 1. The largest absolute Gasteiger partial charge is 0.481 e. The van der Waals surface area contributed by atoms with Crippen molar-refractivity contribution >= 4 is 5.97 Å². The molecule has 2 aliphatic rings. The molecule has 2 fully saturated rings. The van der Waals surface area contributed by atoms with Crippen molar-refractivity contribution in [2.45, 2.75) is 25.7 Å². The van der Waals surface area contributed by atoms with Gasteiger partial charge in [0.05, 0.1) is 6.42 Å². The molecule has 0 saturated heterocycles. The molecule has 0 bridgehead atoms. The van der Waals surface area contributed by atoms with Gasteiger partial charge in [-0.25, -0.2) is 0 Å². The van der Waals surface area contributed by atoms with Crippen LogP contribution in [0, 0.1) is 23.2 Å². The van der Waals surface area contributed by atoms with Gasteiger partial charge in [-0.1, -0.05) is 6.08 Å². The first-order valence-corrected chi connectivity index (χ1v) is 5.66. The fourth-order valence-corrected chi connectivity index (χ4v) is 3.66. The second kappa shape index (κ2) is 3.63. The van der Waals surface area contributed by atoms with Gasteiger partial charge in [0.1, 0.15) is 0 Å². The Bertz CT molecular complexity index is 289. The number of rotatable bonds is 4. The minimum Gasteiger partial charge on any atom is -0.481 e. The average Bonchev–Trinajstić information content (AvgIpc) is 2.53. The summed E-state index contributed by atoms with van der Waals surface area (Å²) < 4.78 is 0. The van der Waals surface area contributed by atoms with Gasteiger partial charge in [-0.3, -0.25) is 4.79 Å². The number of carboxylic acid groups (broad SMARTS) is 1. The first-order valence-electron chi connectivity index (χ1n) is 5.66. The lowest BCUT2D eigenvalue weighted by atomic mass is 9.53. The van der Waals surface area contributed by atoms with E-state index in [9.17, 15) is 4.79 Å². The van der Waals surface area contributed by atoms with Crippen molar-refractivity contribution in [2.75, 3.05) is 6.54 Å². The summed E-state index contributed by atoms with van der Waals surface area (Å²) in [5.41, 5.74) is 5.67. The van der Waals surface area contributed by atoms with Gasteiger partial charge in [-0.2, -0.15) is 0 Å². The van der Waals surface area contributed by atoms with E-state index in [-0.39, 0.29) is 11.8 Å². The average molecular weight is 209 g/mol. The first-order chi connectivity index (χ1) is 7.11. The normalized spacial score (nSPS) is 43.1. The summed E-state index contributed by atoms with van der Waals surface area (Å²) in [5, 5.41) is 8.91. The number of carbonyl (C=O) groups is 1. The second-order valence-electron chi connectivity index (χ2n) is 5.17. The lowest BCUT2D eigenvalue weighted by molar-refractivity contribution is -0.145. The summed E-state index contributed by atoms with van der Waals surface area (Å²) in [5.74, 6) is 1.11. The quantitative estimate of drug-likeness (QED) is 0.692. The second-order valence-corrected chi connectivity index (χ2v) is 5.17. The molecule has 3 nitrogen and oxygen atoms in total. The summed E-state index contributed by atoms with van der Waals surface area (Å²) in [6.45, 7) is 4.34. The van der Waals surface area contributed by atoms with Gasteiger partial charge in [-0.05, 0) is 49.0 Å². The highest BCUT2D eigenvalue weighted by Crippen LogP contribution is 2.61. The highest BCUT2D eigenvalue weighted by molar-refractivity contribution is 5.68. The predicted octanol–water partition coefficient (Wildman–Crippen LogP) is 1.64. The molecule has 0 aromatic rings. The van der Waals surface area contributed by atoms with Crippen LogP contribution in [0.1, 0.15) is 25.7 Å². The number of hydrogen-bond donors (Lipinski definition) is 2. The summed E-state index contributed by atoms with van der Waals surface area (Å²) in [4.78, 5) is 10.8. The molecule has 2 aliphatic carbocycles. The molecule has 2 rings (SSSR count). The summed E-state index contributed by atoms with van der Waals surface area (Å²) in [7, 11) is 0. The van der Waals surface area contributed by atoms with Gasteiger partial charge < -0.3 is 10.8 Å². The zero-order valence-electron chi connectivity index (χ0n) is 8.98. The van der Waals surface area contributed by atoms with Crippen LogP contribution in [0.3, 0.4) is 0 Å². The van der Waals surface area contributed by atoms with E-state index in [1.807, 2.05) is 6.08 Å². The van der Waals surface area contributed by atoms with Crippen LogP contribution >= 0.6 is 0 Å². The monoisotopic (exact) mass is 209 g/mol. The number of fused-ring (bicyclic) bond motifs is 1. The summed E-state index contributed by atoms with van der Waals surface area (Å²) in [6, 6.07) is 0. The molecule has 0 amide bonds. The fraction of sp³-hybridized carbons (Fsp3) is 0.750. The van der Waals surface area contributed by atoms with Crippen LogP contribution < -0.4 is 5.73 Å². The Labute approximate surface area is 90.3 Å². The highest BCUT2D eigenvalue weighted by atomic mass is 16.4. The molecule has 3 heteroatoms. The van der Waals surface area contributed by atoms with E-state index in [1.54, 1.807) is 0 Å². The Hall–Kier alpha value is -0.830. The van der Waals surface area contributed by atoms with E-state index in [0.717, 1.165) is 12.8 Å². The maximum absolute atomic E-state index is 10.8. The Kier molecular flexibility index (Phi) is 2.59. The van der Waals surface area contributed by atoms with Crippen molar-refractivity contribution in [1.82, 2.24) is 0 Å². The summed E-state index contributed by atoms with van der Waals surface area (Å²) in [6.07, 6.45) is 5.55. The van der Waals surface area contributed by atoms with Gasteiger partial charge in [-0.15, -0.1) is 6.58 Å². The molecule has 0 aromatic heterocycles. The Balaban J connectivity index is 2.06. The molecule has 84 valence electrons. The van der Waals surface area contributed by atoms with E-state index in [4.69, 9.17) is 10.8 Å². The van der Waals surface area contributed by atoms with Crippen molar-refractivity contribution in [3.63, 3.8) is 0 Å². The lowest BCUT2D eigenvalue weighted by Gasteiger charge is -2.51. The van der Waals surface area contributed by atoms with Crippen LogP contribution in [0.4, 0.5) is 0 Å². The zero-order valence-corrected chi connectivity index (χ0v) is 8.98. The third-order valence-corrected chi connectivity index (χ3v) is 4.43. The van der Waals surface area contributed by atoms with Crippen LogP contribution in [0.25, 0.3) is 0 Å². The van der Waals surface area contributed by atoms with Gasteiger partial charge in [0.15, 0.2) is 0 Å². The molecule has 0 aromatic carbocycles. The Morgan fingerprint density at radius 2 is 2.33 bits per heavy atom. The third-order valence-electron chi connectivity index (χ3n) is 4.43. The van der Waals surface area contributed by atoms with Crippen LogP contribution in [0.5, 0.6) is 0 Å². The molecule has 0 radical (unpaired) electrons. The van der Waals surface area contributed by atoms with Gasteiger partial charge in [0, 0.05) is 0 Å². The summed E-state index contributed by atoms with van der Waals surface area (Å²) >= 11 is 0. The van der Waals surface area contributed by atoms with Gasteiger partial charge in [0.2, 0.25) is 0 Å².